The van der Waals surface area contributed by atoms with Crippen molar-refractivity contribution in [2.75, 3.05) is 6.61 Å². The summed E-state index contributed by atoms with van der Waals surface area (Å²) in [7, 11) is 0. The van der Waals surface area contributed by atoms with Crippen LogP contribution in [0.3, 0.4) is 0 Å². The van der Waals surface area contributed by atoms with Gasteiger partial charge in [-0.3, -0.25) is 0 Å². The van der Waals surface area contributed by atoms with E-state index >= 15 is 0 Å². The average molecular weight is 178 g/mol. The van der Waals surface area contributed by atoms with Crippen LogP contribution in [0.25, 0.3) is 0 Å². The molecule has 1 aromatic rings. The molecule has 0 amide bonds. The van der Waals surface area contributed by atoms with Crippen molar-refractivity contribution in [1.82, 2.24) is 0 Å². The van der Waals surface area contributed by atoms with Crippen LogP contribution in [0.4, 0.5) is 0 Å². The summed E-state index contributed by atoms with van der Waals surface area (Å²) in [6.07, 6.45) is 1.68. The zero-order valence-electron chi connectivity index (χ0n) is 7.48. The molecule has 0 saturated heterocycles. The Morgan fingerprint density at radius 3 is 2.46 bits per heavy atom. The summed E-state index contributed by atoms with van der Waals surface area (Å²) in [5.74, 6) is 0.0231. The van der Waals surface area contributed by atoms with Gasteiger partial charge in [0.15, 0.2) is 0 Å². The first-order valence-electron chi connectivity index (χ1n) is 4.66. The molecule has 2 N–H and O–H groups in total. The number of hydrogen-bond acceptors (Lipinski definition) is 2. The van der Waals surface area contributed by atoms with E-state index in [1.807, 2.05) is 30.3 Å². The van der Waals surface area contributed by atoms with Crippen molar-refractivity contribution < 1.29 is 10.2 Å². The lowest BCUT2D eigenvalue weighted by molar-refractivity contribution is -0.119. The van der Waals surface area contributed by atoms with Crippen molar-refractivity contribution in [3.63, 3.8) is 0 Å². The summed E-state index contributed by atoms with van der Waals surface area (Å²) in [6.45, 7) is 0.0748. The number of hydrogen-bond donors (Lipinski definition) is 2. The Labute approximate surface area is 77.8 Å². The third-order valence-electron chi connectivity index (χ3n) is 3.04. The molecule has 0 heterocycles. The molecule has 2 atom stereocenters. The number of benzene rings is 1. The standard InChI is InChI=1S/C11H14O2/c12-8-10-6-7-11(10,13)9-4-2-1-3-5-9/h1-5,10,12-13H,6-8H2/t10-,11+/m0/s1. The molecule has 1 aromatic carbocycles. The van der Waals surface area contributed by atoms with Crippen LogP contribution in [0.15, 0.2) is 30.3 Å². The van der Waals surface area contributed by atoms with Crippen LogP contribution in [0.1, 0.15) is 18.4 Å². The van der Waals surface area contributed by atoms with Crippen LogP contribution in [0.2, 0.25) is 0 Å². The van der Waals surface area contributed by atoms with E-state index in [4.69, 9.17) is 5.11 Å². The molecule has 1 fully saturated rings. The highest BCUT2D eigenvalue weighted by Crippen LogP contribution is 2.45. The second kappa shape index (κ2) is 3.13. The van der Waals surface area contributed by atoms with Crippen LogP contribution >= 0.6 is 0 Å². The summed E-state index contributed by atoms with van der Waals surface area (Å²) < 4.78 is 0. The van der Waals surface area contributed by atoms with Crippen molar-refractivity contribution in [2.45, 2.75) is 18.4 Å². The average Bonchev–Trinajstić information content (AvgIpc) is 2.17. The molecule has 2 rings (SSSR count). The largest absolute Gasteiger partial charge is 0.396 e. The minimum Gasteiger partial charge on any atom is -0.396 e. The molecule has 0 aromatic heterocycles. The Hall–Kier alpha value is -0.860. The van der Waals surface area contributed by atoms with Crippen molar-refractivity contribution in [3.8, 4) is 0 Å². The highest BCUT2D eigenvalue weighted by molar-refractivity contribution is 5.25. The first kappa shape index (κ1) is 8.73. The lowest BCUT2D eigenvalue weighted by Gasteiger charge is -2.45. The second-order valence-corrected chi connectivity index (χ2v) is 3.71. The summed E-state index contributed by atoms with van der Waals surface area (Å²) in [6, 6.07) is 9.60. The minimum atomic E-state index is -0.768. The van der Waals surface area contributed by atoms with Crippen molar-refractivity contribution in [1.29, 1.82) is 0 Å². The van der Waals surface area contributed by atoms with Crippen LogP contribution < -0.4 is 0 Å². The number of rotatable bonds is 2. The Morgan fingerprint density at radius 2 is 2.00 bits per heavy atom. The zero-order chi connectivity index (χ0) is 9.31. The van der Waals surface area contributed by atoms with Gasteiger partial charge in [-0.1, -0.05) is 30.3 Å². The van der Waals surface area contributed by atoms with Gasteiger partial charge in [0.1, 0.15) is 0 Å². The fraction of sp³-hybridized carbons (Fsp3) is 0.455. The smallest absolute Gasteiger partial charge is 0.0946 e. The van der Waals surface area contributed by atoms with Crippen molar-refractivity contribution in [2.24, 2.45) is 5.92 Å². The fourth-order valence-electron chi connectivity index (χ4n) is 1.97. The highest BCUT2D eigenvalue weighted by Gasteiger charge is 2.45. The third-order valence-corrected chi connectivity index (χ3v) is 3.04. The highest BCUT2D eigenvalue weighted by atomic mass is 16.3. The molecule has 2 heteroatoms. The predicted molar refractivity (Wildman–Crippen MR) is 50.1 cm³/mol. The van der Waals surface area contributed by atoms with E-state index in [-0.39, 0.29) is 12.5 Å². The molecule has 13 heavy (non-hydrogen) atoms. The van der Waals surface area contributed by atoms with Gasteiger partial charge in [-0.15, -0.1) is 0 Å². The lowest BCUT2D eigenvalue weighted by atomic mass is 9.66. The molecule has 1 aliphatic carbocycles. The summed E-state index contributed by atoms with van der Waals surface area (Å²) >= 11 is 0. The first-order chi connectivity index (χ1) is 6.27. The van der Waals surface area contributed by atoms with E-state index < -0.39 is 5.60 Å². The van der Waals surface area contributed by atoms with Crippen LogP contribution in [-0.4, -0.2) is 16.8 Å². The molecule has 0 radical (unpaired) electrons. The zero-order valence-corrected chi connectivity index (χ0v) is 7.48. The summed E-state index contributed by atoms with van der Waals surface area (Å²) in [4.78, 5) is 0. The molecule has 1 aliphatic rings. The monoisotopic (exact) mass is 178 g/mol. The Morgan fingerprint density at radius 1 is 1.31 bits per heavy atom. The first-order valence-corrected chi connectivity index (χ1v) is 4.66. The molecular formula is C11H14O2. The normalized spacial score (nSPS) is 32.6. The van der Waals surface area contributed by atoms with E-state index in [1.165, 1.54) is 0 Å². The molecular weight excluding hydrogens is 164 g/mol. The molecule has 1 saturated carbocycles. The molecule has 2 nitrogen and oxygen atoms in total. The maximum atomic E-state index is 10.2. The van der Waals surface area contributed by atoms with Gasteiger partial charge in [-0.25, -0.2) is 0 Å². The van der Waals surface area contributed by atoms with E-state index in [0.717, 1.165) is 18.4 Å². The van der Waals surface area contributed by atoms with E-state index in [0.29, 0.717) is 0 Å². The van der Waals surface area contributed by atoms with Crippen molar-refractivity contribution in [3.05, 3.63) is 35.9 Å². The van der Waals surface area contributed by atoms with Gasteiger partial charge < -0.3 is 10.2 Å². The fourth-order valence-corrected chi connectivity index (χ4v) is 1.97. The van der Waals surface area contributed by atoms with Crippen LogP contribution in [0.5, 0.6) is 0 Å². The van der Waals surface area contributed by atoms with Crippen molar-refractivity contribution >= 4 is 0 Å². The number of aliphatic hydroxyl groups excluding tert-OH is 1. The Balaban J connectivity index is 2.26. The summed E-state index contributed by atoms with van der Waals surface area (Å²) in [5, 5.41) is 19.2. The van der Waals surface area contributed by atoms with Crippen LogP contribution in [-0.2, 0) is 5.60 Å². The van der Waals surface area contributed by atoms with Gasteiger partial charge in [0.2, 0.25) is 0 Å². The Bertz CT molecular complexity index is 281. The molecule has 70 valence electrons. The Kier molecular flexibility index (Phi) is 2.10. The quantitative estimate of drug-likeness (QED) is 0.716. The van der Waals surface area contributed by atoms with E-state index in [1.54, 1.807) is 0 Å². The van der Waals surface area contributed by atoms with Gasteiger partial charge in [0.25, 0.3) is 0 Å². The topological polar surface area (TPSA) is 40.5 Å². The summed E-state index contributed by atoms with van der Waals surface area (Å²) in [5.41, 5.74) is 0.163. The molecule has 0 unspecified atom stereocenters. The molecule has 0 spiro atoms. The predicted octanol–water partition coefficient (Wildman–Crippen LogP) is 1.28. The SMILES string of the molecule is OC[C@@H]1CC[C@@]1(O)c1ccccc1. The van der Waals surface area contributed by atoms with Gasteiger partial charge in [0.05, 0.1) is 5.60 Å². The van der Waals surface area contributed by atoms with Gasteiger partial charge in [-0.2, -0.15) is 0 Å². The lowest BCUT2D eigenvalue weighted by Crippen LogP contribution is -2.46. The number of aliphatic hydroxyl groups is 2. The second-order valence-electron chi connectivity index (χ2n) is 3.71. The maximum Gasteiger partial charge on any atom is 0.0946 e. The van der Waals surface area contributed by atoms with Crippen LogP contribution in [0, 0.1) is 5.92 Å². The molecule has 0 bridgehead atoms. The van der Waals surface area contributed by atoms with Gasteiger partial charge >= 0.3 is 0 Å². The maximum absolute atomic E-state index is 10.2. The van der Waals surface area contributed by atoms with E-state index in [9.17, 15) is 5.11 Å². The third kappa shape index (κ3) is 1.26. The van der Waals surface area contributed by atoms with Gasteiger partial charge in [-0.05, 0) is 18.4 Å². The van der Waals surface area contributed by atoms with Gasteiger partial charge in [0, 0.05) is 12.5 Å². The molecule has 0 aliphatic heterocycles. The van der Waals surface area contributed by atoms with E-state index in [2.05, 4.69) is 0 Å². The minimum absolute atomic E-state index is 0.0231.